The minimum atomic E-state index is 0. The van der Waals surface area contributed by atoms with E-state index in [1.54, 1.807) is 0 Å². The number of nitrogens with zero attached hydrogens (tertiary/aromatic N) is 3. The lowest BCUT2D eigenvalue weighted by Gasteiger charge is -2.37. The highest BCUT2D eigenvalue weighted by molar-refractivity contribution is 14.0. The van der Waals surface area contributed by atoms with Crippen LogP contribution in [0.1, 0.15) is 5.56 Å². The first-order chi connectivity index (χ1) is 10.7. The van der Waals surface area contributed by atoms with E-state index in [0.29, 0.717) is 6.04 Å². The quantitative estimate of drug-likeness (QED) is 0.419. The first kappa shape index (κ1) is 20.2. The van der Waals surface area contributed by atoms with E-state index in [2.05, 4.69) is 69.9 Å². The molecule has 130 valence electrons. The molecule has 1 unspecified atom stereocenters. The van der Waals surface area contributed by atoms with Gasteiger partial charge in [0.05, 0.1) is 0 Å². The van der Waals surface area contributed by atoms with E-state index in [-0.39, 0.29) is 24.0 Å². The summed E-state index contributed by atoms with van der Waals surface area (Å²) in [6.45, 7) is 5.19. The maximum Gasteiger partial charge on any atom is 0.191 e. The summed E-state index contributed by atoms with van der Waals surface area (Å²) < 4.78 is 0. The molecule has 0 radical (unpaired) electrons. The maximum atomic E-state index is 4.31. The molecule has 0 saturated carbocycles. The number of hydrogen-bond donors (Lipinski definition) is 2. The summed E-state index contributed by atoms with van der Waals surface area (Å²) >= 11 is 0. The van der Waals surface area contributed by atoms with Crippen LogP contribution in [0.25, 0.3) is 0 Å². The van der Waals surface area contributed by atoms with Gasteiger partial charge in [0.25, 0.3) is 0 Å². The zero-order valence-electron chi connectivity index (χ0n) is 14.5. The van der Waals surface area contributed by atoms with Crippen LogP contribution in [0.5, 0.6) is 0 Å². The fraction of sp³-hybridized carbons (Fsp3) is 0.588. The van der Waals surface area contributed by atoms with Crippen LogP contribution >= 0.6 is 24.0 Å². The number of aliphatic imine (C=N–C) groups is 1. The van der Waals surface area contributed by atoms with E-state index >= 15 is 0 Å². The molecular formula is C17H30IN5. The molecule has 1 aromatic carbocycles. The van der Waals surface area contributed by atoms with Gasteiger partial charge in [-0.2, -0.15) is 0 Å². The van der Waals surface area contributed by atoms with Crippen molar-refractivity contribution in [3.05, 3.63) is 35.9 Å². The number of guanidine groups is 1. The smallest absolute Gasteiger partial charge is 0.191 e. The Hall–Kier alpha value is -0.860. The third-order valence-electron chi connectivity index (χ3n) is 4.26. The van der Waals surface area contributed by atoms with E-state index in [9.17, 15) is 0 Å². The number of halogens is 1. The van der Waals surface area contributed by atoms with E-state index in [1.807, 2.05) is 7.05 Å². The minimum Gasteiger partial charge on any atom is -0.356 e. The maximum absolute atomic E-state index is 4.31. The average Bonchev–Trinajstić information content (AvgIpc) is 2.54. The SMILES string of the molecule is CN=C(NCCc1ccccc1)NCC1CN(C)CCN1C.I. The van der Waals surface area contributed by atoms with E-state index < -0.39 is 0 Å². The van der Waals surface area contributed by atoms with Crippen LogP contribution in [0.3, 0.4) is 0 Å². The lowest BCUT2D eigenvalue weighted by molar-refractivity contribution is 0.116. The number of hydrogen-bond acceptors (Lipinski definition) is 3. The molecule has 1 saturated heterocycles. The summed E-state index contributed by atoms with van der Waals surface area (Å²) in [5.74, 6) is 0.887. The zero-order valence-corrected chi connectivity index (χ0v) is 16.8. The lowest BCUT2D eigenvalue weighted by atomic mass is 10.1. The van der Waals surface area contributed by atoms with Crippen molar-refractivity contribution in [3.8, 4) is 0 Å². The van der Waals surface area contributed by atoms with Gasteiger partial charge in [-0.3, -0.25) is 9.89 Å². The number of likely N-dealkylation sites (N-methyl/N-ethyl adjacent to an activating group) is 2. The van der Waals surface area contributed by atoms with E-state index in [1.165, 1.54) is 5.56 Å². The van der Waals surface area contributed by atoms with Gasteiger partial charge in [-0.25, -0.2) is 0 Å². The number of piperazine rings is 1. The van der Waals surface area contributed by atoms with Gasteiger partial charge in [0.1, 0.15) is 0 Å². The second-order valence-corrected chi connectivity index (χ2v) is 6.01. The van der Waals surface area contributed by atoms with Gasteiger partial charge >= 0.3 is 0 Å². The largest absolute Gasteiger partial charge is 0.356 e. The molecule has 0 spiro atoms. The molecule has 23 heavy (non-hydrogen) atoms. The molecule has 1 atom stereocenters. The molecule has 2 N–H and O–H groups in total. The molecule has 1 fully saturated rings. The Morgan fingerprint density at radius 1 is 1.17 bits per heavy atom. The second kappa shape index (κ2) is 10.8. The summed E-state index contributed by atoms with van der Waals surface area (Å²) in [6, 6.07) is 11.1. The zero-order chi connectivity index (χ0) is 15.8. The average molecular weight is 431 g/mol. The Labute approximate surface area is 157 Å². The van der Waals surface area contributed by atoms with E-state index in [4.69, 9.17) is 0 Å². The highest BCUT2D eigenvalue weighted by Gasteiger charge is 2.21. The van der Waals surface area contributed by atoms with Crippen LogP contribution in [-0.4, -0.2) is 75.7 Å². The highest BCUT2D eigenvalue weighted by Crippen LogP contribution is 2.04. The second-order valence-electron chi connectivity index (χ2n) is 6.01. The third-order valence-corrected chi connectivity index (χ3v) is 4.26. The van der Waals surface area contributed by atoms with Crippen LogP contribution in [0.2, 0.25) is 0 Å². The summed E-state index contributed by atoms with van der Waals surface area (Å²) in [6.07, 6.45) is 1.01. The minimum absolute atomic E-state index is 0. The Bertz CT molecular complexity index is 465. The molecule has 6 heteroatoms. The number of rotatable bonds is 5. The van der Waals surface area contributed by atoms with Gasteiger partial charge in [0, 0.05) is 45.8 Å². The van der Waals surface area contributed by atoms with Crippen molar-refractivity contribution in [2.75, 3.05) is 53.9 Å². The summed E-state index contributed by atoms with van der Waals surface area (Å²) in [7, 11) is 6.21. The molecule has 0 aromatic heterocycles. The van der Waals surface area contributed by atoms with Crippen LogP contribution in [0.4, 0.5) is 0 Å². The monoisotopic (exact) mass is 431 g/mol. The molecule has 0 amide bonds. The van der Waals surface area contributed by atoms with Crippen molar-refractivity contribution in [1.29, 1.82) is 0 Å². The fourth-order valence-electron chi connectivity index (χ4n) is 2.73. The molecule has 2 rings (SSSR count). The molecule has 5 nitrogen and oxygen atoms in total. The van der Waals surface area contributed by atoms with E-state index in [0.717, 1.165) is 45.1 Å². The molecule has 0 bridgehead atoms. The summed E-state index contributed by atoms with van der Waals surface area (Å²) in [4.78, 5) is 9.12. The molecule has 1 aromatic rings. The Morgan fingerprint density at radius 2 is 1.91 bits per heavy atom. The summed E-state index contributed by atoms with van der Waals surface area (Å²) in [5.41, 5.74) is 1.35. The van der Waals surface area contributed by atoms with Gasteiger partial charge in [-0.1, -0.05) is 30.3 Å². The lowest BCUT2D eigenvalue weighted by Crippen LogP contribution is -2.55. The first-order valence-corrected chi connectivity index (χ1v) is 8.06. The van der Waals surface area contributed by atoms with Gasteiger partial charge in [0.15, 0.2) is 5.96 Å². The van der Waals surface area contributed by atoms with Gasteiger partial charge < -0.3 is 15.5 Å². The molecule has 0 aliphatic carbocycles. The van der Waals surface area contributed by atoms with Crippen molar-refractivity contribution in [1.82, 2.24) is 20.4 Å². The topological polar surface area (TPSA) is 42.9 Å². The predicted molar refractivity (Wildman–Crippen MR) is 109 cm³/mol. The van der Waals surface area contributed by atoms with Gasteiger partial charge in [0.2, 0.25) is 0 Å². The molecule has 1 heterocycles. The van der Waals surface area contributed by atoms with Crippen molar-refractivity contribution < 1.29 is 0 Å². The van der Waals surface area contributed by atoms with Gasteiger partial charge in [-0.05, 0) is 26.1 Å². The van der Waals surface area contributed by atoms with Crippen LogP contribution in [0.15, 0.2) is 35.3 Å². The summed E-state index contributed by atoms with van der Waals surface area (Å²) in [5, 5.41) is 6.84. The fourth-order valence-corrected chi connectivity index (χ4v) is 2.73. The normalized spacial score (nSPS) is 20.0. The Balaban J connectivity index is 0.00000264. The Kier molecular flexibility index (Phi) is 9.50. The van der Waals surface area contributed by atoms with Crippen LogP contribution in [-0.2, 0) is 6.42 Å². The molecular weight excluding hydrogens is 401 g/mol. The van der Waals surface area contributed by atoms with Crippen molar-refractivity contribution >= 4 is 29.9 Å². The first-order valence-electron chi connectivity index (χ1n) is 8.06. The number of benzene rings is 1. The van der Waals surface area contributed by atoms with Crippen molar-refractivity contribution in [2.24, 2.45) is 4.99 Å². The van der Waals surface area contributed by atoms with Crippen LogP contribution < -0.4 is 10.6 Å². The van der Waals surface area contributed by atoms with Crippen molar-refractivity contribution in [2.45, 2.75) is 12.5 Å². The molecule has 1 aliphatic heterocycles. The Morgan fingerprint density at radius 3 is 2.61 bits per heavy atom. The third kappa shape index (κ3) is 7.05. The van der Waals surface area contributed by atoms with Crippen LogP contribution in [0, 0.1) is 0 Å². The standard InChI is InChI=1S/C17H29N5.HI/c1-18-17(19-10-9-15-7-5-4-6-8-15)20-13-16-14-21(2)11-12-22(16)3;/h4-8,16H,9-14H2,1-3H3,(H2,18,19,20);1H. The highest BCUT2D eigenvalue weighted by atomic mass is 127. The van der Waals surface area contributed by atoms with Gasteiger partial charge in [-0.15, -0.1) is 24.0 Å². The number of nitrogens with one attached hydrogen (secondary N) is 2. The molecule has 1 aliphatic rings. The predicted octanol–water partition coefficient (Wildman–Crippen LogP) is 1.26. The van der Waals surface area contributed by atoms with Crippen molar-refractivity contribution in [3.63, 3.8) is 0 Å².